The largest absolute Gasteiger partial charge is 0.378 e. The fourth-order valence-corrected chi connectivity index (χ4v) is 5.20. The number of aliphatic hydroxyl groups excluding tert-OH is 1. The molecule has 1 N–H and O–H groups in total. The minimum Gasteiger partial charge on any atom is -0.378 e. The maximum atomic E-state index is 14.6. The molecule has 0 saturated heterocycles. The number of amides is 1. The van der Waals surface area contributed by atoms with Gasteiger partial charge in [-0.3, -0.25) is 14.5 Å². The van der Waals surface area contributed by atoms with Crippen molar-refractivity contribution in [1.29, 1.82) is 0 Å². The second-order valence-electron chi connectivity index (χ2n) is 9.83. The number of aldehydes is 1. The maximum absolute atomic E-state index is 14.6. The highest BCUT2D eigenvalue weighted by atomic mass is 35.5. The summed E-state index contributed by atoms with van der Waals surface area (Å²) in [6.45, 7) is 0. The molecule has 1 saturated carbocycles. The lowest BCUT2D eigenvalue weighted by molar-refractivity contribution is -0.125. The Balaban J connectivity index is 1.72. The first-order valence-electron chi connectivity index (χ1n) is 12.8. The van der Waals surface area contributed by atoms with E-state index >= 15 is 0 Å². The van der Waals surface area contributed by atoms with Crippen LogP contribution in [0.4, 0.5) is 15.8 Å². The fraction of sp³-hybridized carbons (Fsp3) is 0.290. The van der Waals surface area contributed by atoms with Crippen molar-refractivity contribution in [2.75, 3.05) is 23.9 Å². The second-order valence-corrected chi connectivity index (χ2v) is 10.2. The summed E-state index contributed by atoms with van der Waals surface area (Å²) in [4.78, 5) is 27.8. The molecule has 1 fully saturated rings. The van der Waals surface area contributed by atoms with Crippen molar-refractivity contribution in [3.63, 3.8) is 0 Å². The number of halogens is 2. The molecule has 3 aromatic rings. The van der Waals surface area contributed by atoms with E-state index in [1.165, 1.54) is 29.2 Å². The molecule has 1 amide bonds. The van der Waals surface area contributed by atoms with Crippen LogP contribution in [-0.2, 0) is 9.59 Å². The zero-order valence-corrected chi connectivity index (χ0v) is 22.4. The zero-order chi connectivity index (χ0) is 27.2. The number of allylic oxidation sites excluding steroid dienone is 1. The maximum Gasteiger partial charge on any atom is 0.232 e. The Bertz CT molecular complexity index is 1320. The number of carbonyl (C=O) groups is 2. The van der Waals surface area contributed by atoms with Gasteiger partial charge in [0.25, 0.3) is 0 Å². The van der Waals surface area contributed by atoms with Gasteiger partial charge in [-0.25, -0.2) is 4.39 Å². The van der Waals surface area contributed by atoms with E-state index in [4.69, 9.17) is 11.6 Å². The van der Waals surface area contributed by atoms with Crippen LogP contribution in [0.15, 0.2) is 66.7 Å². The summed E-state index contributed by atoms with van der Waals surface area (Å²) < 4.78 is 14.6. The number of anilines is 2. The van der Waals surface area contributed by atoms with Crippen molar-refractivity contribution >= 4 is 41.2 Å². The molecule has 1 aliphatic rings. The van der Waals surface area contributed by atoms with Gasteiger partial charge in [0, 0.05) is 36.3 Å². The van der Waals surface area contributed by atoms with Gasteiger partial charge in [-0.2, -0.15) is 0 Å². The molecule has 1 atom stereocenters. The number of hydrogen-bond donors (Lipinski definition) is 1. The predicted octanol–water partition coefficient (Wildman–Crippen LogP) is 7.03. The lowest BCUT2D eigenvalue weighted by atomic mass is 9.88. The van der Waals surface area contributed by atoms with E-state index in [2.05, 4.69) is 0 Å². The number of rotatable bonds is 8. The van der Waals surface area contributed by atoms with E-state index in [1.54, 1.807) is 18.2 Å². The summed E-state index contributed by atoms with van der Waals surface area (Å²) in [7, 11) is 3.95. The van der Waals surface area contributed by atoms with E-state index in [0.29, 0.717) is 35.3 Å². The Morgan fingerprint density at radius 3 is 2.29 bits per heavy atom. The van der Waals surface area contributed by atoms with Gasteiger partial charge in [0.05, 0.1) is 5.69 Å². The Hall–Kier alpha value is -3.48. The first-order chi connectivity index (χ1) is 18.3. The van der Waals surface area contributed by atoms with Crippen molar-refractivity contribution in [2.45, 2.75) is 38.3 Å². The molecule has 0 radical (unpaired) electrons. The predicted molar refractivity (Wildman–Crippen MR) is 152 cm³/mol. The second kappa shape index (κ2) is 12.4. The van der Waals surface area contributed by atoms with Crippen LogP contribution >= 0.6 is 11.6 Å². The topological polar surface area (TPSA) is 60.9 Å². The minimum absolute atomic E-state index is 0.207. The molecule has 1 unspecified atom stereocenters. The lowest BCUT2D eigenvalue weighted by Gasteiger charge is -2.33. The lowest BCUT2D eigenvalue weighted by Crippen LogP contribution is -2.40. The monoisotopic (exact) mass is 534 g/mol. The third kappa shape index (κ3) is 6.32. The summed E-state index contributed by atoms with van der Waals surface area (Å²) in [6, 6.07) is 17.4. The summed E-state index contributed by atoms with van der Waals surface area (Å²) in [5.41, 5.74) is 3.86. The van der Waals surface area contributed by atoms with Crippen LogP contribution in [0.5, 0.6) is 0 Å². The van der Waals surface area contributed by atoms with Crippen LogP contribution in [0.1, 0.15) is 49.5 Å². The SMILES string of the molecule is CN(C)c1ccc(-c2ccc(C(O)N(C(=O)C3CCCCC3)c3cc(F)cc(/C=C/C=O)c3)c(Cl)c2)cc1. The summed E-state index contributed by atoms with van der Waals surface area (Å²) in [5.74, 6) is -1.12. The molecule has 0 aromatic heterocycles. The van der Waals surface area contributed by atoms with E-state index in [9.17, 15) is 19.1 Å². The average molecular weight is 535 g/mol. The van der Waals surface area contributed by atoms with E-state index in [0.717, 1.165) is 36.1 Å². The normalized spacial score (nSPS) is 14.9. The van der Waals surface area contributed by atoms with Crippen LogP contribution in [0.3, 0.4) is 0 Å². The van der Waals surface area contributed by atoms with Crippen LogP contribution in [0, 0.1) is 11.7 Å². The van der Waals surface area contributed by atoms with Crippen molar-refractivity contribution in [1.82, 2.24) is 0 Å². The molecule has 5 nitrogen and oxygen atoms in total. The van der Waals surface area contributed by atoms with Gasteiger partial charge in [-0.05, 0) is 72.0 Å². The number of aliphatic hydroxyl groups is 1. The van der Waals surface area contributed by atoms with Gasteiger partial charge >= 0.3 is 0 Å². The van der Waals surface area contributed by atoms with Crippen LogP contribution in [0.2, 0.25) is 5.02 Å². The molecule has 38 heavy (non-hydrogen) atoms. The zero-order valence-electron chi connectivity index (χ0n) is 21.6. The molecule has 4 rings (SSSR count). The van der Waals surface area contributed by atoms with Crippen molar-refractivity contribution in [3.8, 4) is 11.1 Å². The molecule has 7 heteroatoms. The highest BCUT2D eigenvalue weighted by Gasteiger charge is 2.33. The molecule has 0 spiro atoms. The quantitative estimate of drug-likeness (QED) is 0.191. The van der Waals surface area contributed by atoms with Crippen molar-refractivity contribution in [3.05, 3.63) is 88.7 Å². The highest BCUT2D eigenvalue weighted by Crippen LogP contribution is 2.37. The Labute approximate surface area is 228 Å². The molecule has 0 heterocycles. The van der Waals surface area contributed by atoms with Gasteiger partial charge < -0.3 is 10.0 Å². The van der Waals surface area contributed by atoms with Crippen LogP contribution in [-0.4, -0.2) is 31.4 Å². The number of benzene rings is 3. The smallest absolute Gasteiger partial charge is 0.232 e. The average Bonchev–Trinajstić information content (AvgIpc) is 2.92. The highest BCUT2D eigenvalue weighted by molar-refractivity contribution is 6.31. The first kappa shape index (κ1) is 27.6. The van der Waals surface area contributed by atoms with E-state index < -0.39 is 12.0 Å². The molecular formula is C31H32ClFN2O3. The third-order valence-corrected chi connectivity index (χ3v) is 7.31. The summed E-state index contributed by atoms with van der Waals surface area (Å²) in [6.07, 6.45) is 6.23. The van der Waals surface area contributed by atoms with Crippen molar-refractivity contribution in [2.24, 2.45) is 5.92 Å². The van der Waals surface area contributed by atoms with Gasteiger partial charge in [0.1, 0.15) is 12.1 Å². The van der Waals surface area contributed by atoms with Gasteiger partial charge in [-0.1, -0.05) is 61.2 Å². The minimum atomic E-state index is -1.42. The van der Waals surface area contributed by atoms with Crippen LogP contribution in [0.25, 0.3) is 17.2 Å². The number of nitrogens with zero attached hydrogens (tertiary/aromatic N) is 2. The number of carbonyl (C=O) groups excluding carboxylic acids is 2. The molecular weight excluding hydrogens is 503 g/mol. The molecule has 198 valence electrons. The van der Waals surface area contributed by atoms with Gasteiger partial charge in [0.2, 0.25) is 5.91 Å². The fourth-order valence-electron chi connectivity index (χ4n) is 4.92. The first-order valence-corrected chi connectivity index (χ1v) is 13.2. The molecule has 3 aromatic carbocycles. The Kier molecular flexibility index (Phi) is 8.97. The molecule has 0 aliphatic heterocycles. The Morgan fingerprint density at radius 2 is 1.66 bits per heavy atom. The summed E-state index contributed by atoms with van der Waals surface area (Å²) >= 11 is 6.68. The molecule has 1 aliphatic carbocycles. The van der Waals surface area contributed by atoms with E-state index in [-0.39, 0.29) is 17.5 Å². The Morgan fingerprint density at radius 1 is 0.974 bits per heavy atom. The van der Waals surface area contributed by atoms with Crippen LogP contribution < -0.4 is 9.80 Å². The molecule has 0 bridgehead atoms. The summed E-state index contributed by atoms with van der Waals surface area (Å²) in [5, 5.41) is 11.8. The van der Waals surface area contributed by atoms with E-state index in [1.807, 2.05) is 49.3 Å². The number of hydrogen-bond acceptors (Lipinski definition) is 4. The van der Waals surface area contributed by atoms with Crippen molar-refractivity contribution < 1.29 is 19.1 Å². The third-order valence-electron chi connectivity index (χ3n) is 6.98. The van der Waals surface area contributed by atoms with Gasteiger partial charge in [0.15, 0.2) is 6.23 Å². The van der Waals surface area contributed by atoms with Gasteiger partial charge in [-0.15, -0.1) is 0 Å². The standard InChI is InChI=1S/C31H32ClFN2O3/c1-34(2)26-13-10-22(11-14-26)24-12-15-28(29(32)19-24)31(38)35(30(37)23-8-4-3-5-9-23)27-18-21(7-6-16-36)17-25(33)20-27/h6-7,10-20,23,31,38H,3-5,8-9H2,1-2H3/b7-6+.